The molecule has 0 bridgehead atoms. The number of hydrogen-bond donors (Lipinski definition) is 1. The van der Waals surface area contributed by atoms with Crippen LogP contribution in [-0.2, 0) is 11.8 Å². The van der Waals surface area contributed by atoms with Gasteiger partial charge in [-0.05, 0) is 24.3 Å². The van der Waals surface area contributed by atoms with E-state index in [2.05, 4.69) is 20.3 Å². The van der Waals surface area contributed by atoms with Gasteiger partial charge >= 0.3 is 0 Å². The molecule has 2 N–H and O–H groups in total. The minimum atomic E-state index is -0.448. The van der Waals surface area contributed by atoms with Crippen LogP contribution in [0.25, 0.3) is 23.1 Å². The predicted octanol–water partition coefficient (Wildman–Crippen LogP) is 1.25. The minimum Gasteiger partial charge on any atom is -0.369 e. The van der Waals surface area contributed by atoms with Crippen molar-refractivity contribution in [3.8, 4) is 23.1 Å². The van der Waals surface area contributed by atoms with Gasteiger partial charge in [0.1, 0.15) is 5.82 Å². The number of halogens is 1. The number of benzene rings is 1. The van der Waals surface area contributed by atoms with E-state index in [-0.39, 0.29) is 17.5 Å². The number of hydrogen-bond acceptors (Lipinski definition) is 7. The summed E-state index contributed by atoms with van der Waals surface area (Å²) in [5, 5.41) is 12.3. The van der Waals surface area contributed by atoms with Crippen molar-refractivity contribution >= 4 is 17.7 Å². The van der Waals surface area contributed by atoms with Crippen LogP contribution in [0.1, 0.15) is 0 Å². The summed E-state index contributed by atoms with van der Waals surface area (Å²) in [4.78, 5) is 15.0. The maximum Gasteiger partial charge on any atom is 0.296 e. The van der Waals surface area contributed by atoms with Gasteiger partial charge in [0.2, 0.25) is 17.6 Å². The van der Waals surface area contributed by atoms with Crippen molar-refractivity contribution in [2.75, 3.05) is 5.75 Å². The zero-order valence-corrected chi connectivity index (χ0v) is 12.7. The van der Waals surface area contributed by atoms with Crippen molar-refractivity contribution in [3.63, 3.8) is 0 Å². The molecule has 3 rings (SSSR count). The Morgan fingerprint density at radius 3 is 2.78 bits per heavy atom. The monoisotopic (exact) mass is 334 g/mol. The van der Waals surface area contributed by atoms with Gasteiger partial charge in [-0.15, -0.1) is 10.2 Å². The second kappa shape index (κ2) is 6.16. The lowest BCUT2D eigenvalue weighted by Crippen LogP contribution is -2.13. The standard InChI is InChI=1S/C13H11FN6O2S/c1-20-11(17-18-13(20)23-6-9(15)21)12-16-10(19-22-12)7-2-4-8(14)5-3-7/h2-5H,6H2,1H3,(H2,15,21). The van der Waals surface area contributed by atoms with E-state index < -0.39 is 5.91 Å². The molecule has 2 heterocycles. The van der Waals surface area contributed by atoms with Gasteiger partial charge in [-0.25, -0.2) is 4.39 Å². The summed E-state index contributed by atoms with van der Waals surface area (Å²) in [5.41, 5.74) is 5.72. The van der Waals surface area contributed by atoms with Gasteiger partial charge in [0.25, 0.3) is 5.89 Å². The zero-order chi connectivity index (χ0) is 16.4. The highest BCUT2D eigenvalue weighted by molar-refractivity contribution is 7.99. The smallest absolute Gasteiger partial charge is 0.296 e. The quantitative estimate of drug-likeness (QED) is 0.699. The molecule has 23 heavy (non-hydrogen) atoms. The molecule has 0 unspecified atom stereocenters. The largest absolute Gasteiger partial charge is 0.369 e. The van der Waals surface area contributed by atoms with Crippen LogP contribution < -0.4 is 5.73 Å². The van der Waals surface area contributed by atoms with Gasteiger partial charge < -0.3 is 14.8 Å². The number of nitrogens with two attached hydrogens (primary N) is 1. The van der Waals surface area contributed by atoms with E-state index in [1.807, 2.05) is 0 Å². The van der Waals surface area contributed by atoms with Crippen LogP contribution in [-0.4, -0.2) is 36.6 Å². The lowest BCUT2D eigenvalue weighted by Gasteiger charge is -1.99. The van der Waals surface area contributed by atoms with E-state index in [1.54, 1.807) is 23.7 Å². The van der Waals surface area contributed by atoms with Crippen LogP contribution in [0.2, 0.25) is 0 Å². The number of thioether (sulfide) groups is 1. The molecule has 0 aliphatic rings. The van der Waals surface area contributed by atoms with Crippen LogP contribution in [0.3, 0.4) is 0 Å². The molecule has 10 heteroatoms. The lowest BCUT2D eigenvalue weighted by molar-refractivity contribution is -0.115. The summed E-state index contributed by atoms with van der Waals surface area (Å²) in [5.74, 6) is 0.145. The molecule has 0 saturated heterocycles. The fourth-order valence-corrected chi connectivity index (χ4v) is 2.44. The van der Waals surface area contributed by atoms with Crippen LogP contribution in [0.5, 0.6) is 0 Å². The molecular formula is C13H11FN6O2S. The number of primary amides is 1. The van der Waals surface area contributed by atoms with Crippen LogP contribution in [0, 0.1) is 5.82 Å². The summed E-state index contributed by atoms with van der Waals surface area (Å²) >= 11 is 1.16. The molecule has 3 aromatic rings. The number of aromatic nitrogens is 5. The zero-order valence-electron chi connectivity index (χ0n) is 11.9. The Hall–Kier alpha value is -2.75. The van der Waals surface area contributed by atoms with Gasteiger partial charge in [0.05, 0.1) is 5.75 Å². The molecule has 0 spiro atoms. The number of carbonyl (C=O) groups is 1. The normalized spacial score (nSPS) is 10.9. The van der Waals surface area contributed by atoms with Crippen molar-refractivity contribution < 1.29 is 13.7 Å². The Bertz CT molecular complexity index is 845. The van der Waals surface area contributed by atoms with Gasteiger partial charge in [-0.3, -0.25) is 4.79 Å². The SMILES string of the molecule is Cn1c(SCC(N)=O)nnc1-c1nc(-c2ccc(F)cc2)no1. The highest BCUT2D eigenvalue weighted by atomic mass is 32.2. The van der Waals surface area contributed by atoms with Crippen molar-refractivity contribution in [2.24, 2.45) is 12.8 Å². The highest BCUT2D eigenvalue weighted by Gasteiger charge is 2.18. The maximum atomic E-state index is 12.9. The Morgan fingerprint density at radius 1 is 1.35 bits per heavy atom. The predicted molar refractivity (Wildman–Crippen MR) is 79.6 cm³/mol. The van der Waals surface area contributed by atoms with Crippen LogP contribution in [0.15, 0.2) is 33.9 Å². The molecule has 8 nitrogen and oxygen atoms in total. The summed E-state index contributed by atoms with van der Waals surface area (Å²) in [6.45, 7) is 0. The molecule has 1 amide bonds. The molecule has 2 aromatic heterocycles. The first kappa shape index (κ1) is 15.2. The van der Waals surface area contributed by atoms with E-state index in [9.17, 15) is 9.18 Å². The minimum absolute atomic E-state index is 0.0939. The Kier molecular flexibility index (Phi) is 4.06. The first-order valence-corrected chi connectivity index (χ1v) is 7.43. The maximum absolute atomic E-state index is 12.9. The van der Waals surface area contributed by atoms with Crippen molar-refractivity contribution in [1.29, 1.82) is 0 Å². The Balaban J connectivity index is 1.86. The number of carbonyl (C=O) groups excluding carboxylic acids is 1. The summed E-state index contributed by atoms with van der Waals surface area (Å²) < 4.78 is 19.7. The fourth-order valence-electron chi connectivity index (χ4n) is 1.79. The van der Waals surface area contributed by atoms with Gasteiger partial charge in [-0.1, -0.05) is 16.9 Å². The lowest BCUT2D eigenvalue weighted by atomic mass is 10.2. The first-order chi connectivity index (χ1) is 11.0. The molecule has 0 aliphatic heterocycles. The average molecular weight is 334 g/mol. The van der Waals surface area contributed by atoms with E-state index in [1.165, 1.54) is 12.1 Å². The second-order valence-electron chi connectivity index (χ2n) is 4.55. The number of rotatable bonds is 5. The van der Waals surface area contributed by atoms with E-state index >= 15 is 0 Å². The van der Waals surface area contributed by atoms with Crippen LogP contribution in [0.4, 0.5) is 4.39 Å². The van der Waals surface area contributed by atoms with E-state index in [4.69, 9.17) is 10.3 Å². The molecule has 0 atom stereocenters. The van der Waals surface area contributed by atoms with Gasteiger partial charge in [0.15, 0.2) is 5.16 Å². The van der Waals surface area contributed by atoms with Gasteiger partial charge in [-0.2, -0.15) is 4.98 Å². The third kappa shape index (κ3) is 3.21. The third-order valence-electron chi connectivity index (χ3n) is 2.90. The topological polar surface area (TPSA) is 113 Å². The van der Waals surface area contributed by atoms with Crippen molar-refractivity contribution in [1.82, 2.24) is 24.9 Å². The third-order valence-corrected chi connectivity index (χ3v) is 3.94. The summed E-state index contributed by atoms with van der Waals surface area (Å²) in [6.07, 6.45) is 0. The van der Waals surface area contributed by atoms with Crippen LogP contribution >= 0.6 is 11.8 Å². The van der Waals surface area contributed by atoms with Gasteiger partial charge in [0, 0.05) is 12.6 Å². The van der Waals surface area contributed by atoms with Crippen molar-refractivity contribution in [3.05, 3.63) is 30.1 Å². The highest BCUT2D eigenvalue weighted by Crippen LogP contribution is 2.24. The Morgan fingerprint density at radius 2 is 2.09 bits per heavy atom. The fraction of sp³-hybridized carbons (Fsp3) is 0.154. The first-order valence-electron chi connectivity index (χ1n) is 6.45. The van der Waals surface area contributed by atoms with E-state index in [0.717, 1.165) is 11.8 Å². The summed E-state index contributed by atoms with van der Waals surface area (Å²) in [7, 11) is 1.71. The van der Waals surface area contributed by atoms with Crippen molar-refractivity contribution in [2.45, 2.75) is 5.16 Å². The average Bonchev–Trinajstić information content (AvgIpc) is 3.13. The molecule has 0 saturated carbocycles. The molecule has 118 valence electrons. The molecule has 0 fully saturated rings. The molecule has 0 aliphatic carbocycles. The molecular weight excluding hydrogens is 323 g/mol. The molecule has 0 radical (unpaired) electrons. The Labute approximate surface area is 133 Å². The van der Waals surface area contributed by atoms with E-state index in [0.29, 0.717) is 22.4 Å². The molecule has 1 aromatic carbocycles. The second-order valence-corrected chi connectivity index (χ2v) is 5.49. The number of amides is 1. The summed E-state index contributed by atoms with van der Waals surface area (Å²) in [6, 6.07) is 5.72. The number of nitrogens with zero attached hydrogens (tertiary/aromatic N) is 5.